The molecule has 2 aromatic rings. The topological polar surface area (TPSA) is 76.0 Å². The number of amides is 2. The van der Waals surface area contributed by atoms with Gasteiger partial charge in [-0.3, -0.25) is 14.3 Å². The molecule has 0 spiro atoms. The number of nitrogens with one attached hydrogen (secondary N) is 2. The van der Waals surface area contributed by atoms with Gasteiger partial charge in [0.2, 0.25) is 5.91 Å². The molecule has 1 heterocycles. The Hall–Kier alpha value is -2.63. The first-order valence-corrected chi connectivity index (χ1v) is 10.4. The molecule has 2 amide bonds. The molecule has 1 aromatic heterocycles. The SMILES string of the molecule is Cc1nn(CC(C)C)c(C)c1CCC(=O)Nc1ccccc1C(=O)NCC(C)C. The van der Waals surface area contributed by atoms with E-state index in [1.54, 1.807) is 18.2 Å². The maximum atomic E-state index is 12.6. The number of aryl methyl sites for hydroxylation is 1. The summed E-state index contributed by atoms with van der Waals surface area (Å²) in [4.78, 5) is 25.0. The van der Waals surface area contributed by atoms with Crippen molar-refractivity contribution in [3.8, 4) is 0 Å². The average Bonchev–Trinajstić information content (AvgIpc) is 2.91. The van der Waals surface area contributed by atoms with Crippen molar-refractivity contribution in [2.45, 2.75) is 60.9 Å². The summed E-state index contributed by atoms with van der Waals surface area (Å²) in [6.07, 6.45) is 0.973. The van der Waals surface area contributed by atoms with Gasteiger partial charge in [-0.15, -0.1) is 0 Å². The molecule has 2 rings (SSSR count). The van der Waals surface area contributed by atoms with Crippen LogP contribution < -0.4 is 10.6 Å². The summed E-state index contributed by atoms with van der Waals surface area (Å²) in [7, 11) is 0. The van der Waals surface area contributed by atoms with Crippen LogP contribution in [0.5, 0.6) is 0 Å². The maximum Gasteiger partial charge on any atom is 0.253 e. The molecule has 0 fully saturated rings. The van der Waals surface area contributed by atoms with Crippen molar-refractivity contribution in [1.29, 1.82) is 0 Å². The maximum absolute atomic E-state index is 12.6. The first-order chi connectivity index (χ1) is 13.7. The van der Waals surface area contributed by atoms with Crippen LogP contribution in [0.3, 0.4) is 0 Å². The van der Waals surface area contributed by atoms with Gasteiger partial charge in [0.05, 0.1) is 16.9 Å². The van der Waals surface area contributed by atoms with E-state index in [0.717, 1.165) is 23.5 Å². The number of benzene rings is 1. The summed E-state index contributed by atoms with van der Waals surface area (Å²) in [5.41, 5.74) is 4.26. The van der Waals surface area contributed by atoms with Gasteiger partial charge in [-0.2, -0.15) is 5.10 Å². The molecule has 0 bridgehead atoms. The van der Waals surface area contributed by atoms with E-state index in [-0.39, 0.29) is 11.8 Å². The lowest BCUT2D eigenvalue weighted by molar-refractivity contribution is -0.116. The molecule has 0 saturated heterocycles. The van der Waals surface area contributed by atoms with Crippen molar-refractivity contribution in [3.05, 3.63) is 46.8 Å². The Balaban J connectivity index is 2.02. The van der Waals surface area contributed by atoms with E-state index in [9.17, 15) is 9.59 Å². The fourth-order valence-electron chi connectivity index (χ4n) is 3.25. The Morgan fingerprint density at radius 1 is 1.07 bits per heavy atom. The monoisotopic (exact) mass is 398 g/mol. The number of nitrogens with zero attached hydrogens (tertiary/aromatic N) is 2. The summed E-state index contributed by atoms with van der Waals surface area (Å²) < 4.78 is 2.03. The van der Waals surface area contributed by atoms with Gasteiger partial charge in [0.15, 0.2) is 0 Å². The summed E-state index contributed by atoms with van der Waals surface area (Å²) >= 11 is 0. The molecule has 29 heavy (non-hydrogen) atoms. The van der Waals surface area contributed by atoms with Gasteiger partial charge < -0.3 is 10.6 Å². The molecule has 0 unspecified atom stereocenters. The van der Waals surface area contributed by atoms with Crippen molar-refractivity contribution >= 4 is 17.5 Å². The van der Waals surface area contributed by atoms with Crippen molar-refractivity contribution in [3.63, 3.8) is 0 Å². The second-order valence-electron chi connectivity index (χ2n) is 8.42. The Morgan fingerprint density at radius 3 is 2.41 bits per heavy atom. The normalized spacial score (nSPS) is 11.2. The van der Waals surface area contributed by atoms with Crippen LogP contribution in [0.25, 0.3) is 0 Å². The first-order valence-electron chi connectivity index (χ1n) is 10.4. The van der Waals surface area contributed by atoms with Gasteiger partial charge in [0.1, 0.15) is 0 Å². The molecular weight excluding hydrogens is 364 g/mol. The lowest BCUT2D eigenvalue weighted by atomic mass is 10.1. The molecule has 6 heteroatoms. The largest absolute Gasteiger partial charge is 0.352 e. The minimum Gasteiger partial charge on any atom is -0.352 e. The Morgan fingerprint density at radius 2 is 1.76 bits per heavy atom. The van der Waals surface area contributed by atoms with E-state index in [1.807, 2.05) is 31.5 Å². The van der Waals surface area contributed by atoms with E-state index >= 15 is 0 Å². The minimum atomic E-state index is -0.170. The highest BCUT2D eigenvalue weighted by atomic mass is 16.2. The summed E-state index contributed by atoms with van der Waals surface area (Å²) in [5.74, 6) is 0.604. The molecular formula is C23H34N4O2. The zero-order valence-electron chi connectivity index (χ0n) is 18.5. The number of aromatic nitrogens is 2. The minimum absolute atomic E-state index is 0.107. The van der Waals surface area contributed by atoms with Crippen LogP contribution >= 0.6 is 0 Å². The zero-order chi connectivity index (χ0) is 21.6. The highest BCUT2D eigenvalue weighted by molar-refractivity contribution is 6.03. The lowest BCUT2D eigenvalue weighted by Crippen LogP contribution is -2.28. The molecule has 0 aliphatic rings. The van der Waals surface area contributed by atoms with Crippen LogP contribution in [0, 0.1) is 25.7 Å². The summed E-state index contributed by atoms with van der Waals surface area (Å²) in [5, 5.41) is 10.4. The van der Waals surface area contributed by atoms with Crippen LogP contribution in [-0.4, -0.2) is 28.1 Å². The third-order valence-electron chi connectivity index (χ3n) is 4.79. The molecule has 0 radical (unpaired) electrons. The predicted molar refractivity (Wildman–Crippen MR) is 117 cm³/mol. The van der Waals surface area contributed by atoms with E-state index in [2.05, 4.69) is 36.5 Å². The quantitative estimate of drug-likeness (QED) is 0.667. The number of hydrogen-bond acceptors (Lipinski definition) is 3. The fraction of sp³-hybridized carbons (Fsp3) is 0.522. The van der Waals surface area contributed by atoms with Crippen LogP contribution in [-0.2, 0) is 17.8 Å². The summed E-state index contributed by atoms with van der Waals surface area (Å²) in [6, 6.07) is 7.11. The number of anilines is 1. The Bertz CT molecular complexity index is 853. The van der Waals surface area contributed by atoms with Gasteiger partial charge in [-0.1, -0.05) is 39.8 Å². The molecule has 0 aliphatic heterocycles. The van der Waals surface area contributed by atoms with Crippen LogP contribution in [0.1, 0.15) is 61.4 Å². The van der Waals surface area contributed by atoms with Gasteiger partial charge in [0.25, 0.3) is 5.91 Å². The van der Waals surface area contributed by atoms with Crippen molar-refractivity contribution in [2.75, 3.05) is 11.9 Å². The van der Waals surface area contributed by atoms with E-state index in [4.69, 9.17) is 0 Å². The lowest BCUT2D eigenvalue weighted by Gasteiger charge is -2.12. The second-order valence-corrected chi connectivity index (χ2v) is 8.42. The number of hydrogen-bond donors (Lipinski definition) is 2. The number of para-hydroxylation sites is 1. The number of carbonyl (C=O) groups is 2. The standard InChI is InChI=1S/C23H34N4O2/c1-15(2)13-24-23(29)20-9-7-8-10-21(20)25-22(28)12-11-19-17(5)26-27(18(19)6)14-16(3)4/h7-10,15-16H,11-14H2,1-6H3,(H,24,29)(H,25,28). The summed E-state index contributed by atoms with van der Waals surface area (Å²) in [6.45, 7) is 13.9. The number of carbonyl (C=O) groups excluding carboxylic acids is 2. The van der Waals surface area contributed by atoms with E-state index in [0.29, 0.717) is 42.5 Å². The van der Waals surface area contributed by atoms with Crippen molar-refractivity contribution in [1.82, 2.24) is 15.1 Å². The van der Waals surface area contributed by atoms with Crippen LogP contribution in [0.4, 0.5) is 5.69 Å². The fourth-order valence-corrected chi connectivity index (χ4v) is 3.25. The third kappa shape index (κ3) is 6.44. The number of rotatable bonds is 9. The van der Waals surface area contributed by atoms with E-state index < -0.39 is 0 Å². The van der Waals surface area contributed by atoms with E-state index in [1.165, 1.54) is 0 Å². The molecule has 158 valence electrons. The molecule has 1 aromatic carbocycles. The predicted octanol–water partition coefficient (Wildman–Crippen LogP) is 4.11. The smallest absolute Gasteiger partial charge is 0.253 e. The average molecular weight is 399 g/mol. The van der Waals surface area contributed by atoms with Crippen molar-refractivity contribution in [2.24, 2.45) is 11.8 Å². The molecule has 0 atom stereocenters. The second kappa shape index (κ2) is 10.2. The van der Waals surface area contributed by atoms with Gasteiger partial charge in [-0.05, 0) is 49.8 Å². The highest BCUT2D eigenvalue weighted by Gasteiger charge is 2.16. The van der Waals surface area contributed by atoms with Gasteiger partial charge >= 0.3 is 0 Å². The van der Waals surface area contributed by atoms with Crippen LogP contribution in [0.15, 0.2) is 24.3 Å². The van der Waals surface area contributed by atoms with Gasteiger partial charge in [0, 0.05) is 25.2 Å². The molecule has 2 N–H and O–H groups in total. The highest BCUT2D eigenvalue weighted by Crippen LogP contribution is 2.19. The Labute approximate surface area is 174 Å². The van der Waals surface area contributed by atoms with Crippen molar-refractivity contribution < 1.29 is 9.59 Å². The Kier molecular flexibility index (Phi) is 8.00. The molecule has 0 aliphatic carbocycles. The van der Waals surface area contributed by atoms with Gasteiger partial charge in [-0.25, -0.2) is 0 Å². The molecule has 0 saturated carbocycles. The molecule has 6 nitrogen and oxygen atoms in total. The third-order valence-corrected chi connectivity index (χ3v) is 4.79. The van der Waals surface area contributed by atoms with Crippen LogP contribution in [0.2, 0.25) is 0 Å². The first kappa shape index (κ1) is 22.7. The zero-order valence-corrected chi connectivity index (χ0v) is 18.5.